The van der Waals surface area contributed by atoms with Gasteiger partial charge < -0.3 is 9.30 Å². The number of carbonyl (C=O) groups excluding carboxylic acids is 2. The van der Waals surface area contributed by atoms with Gasteiger partial charge in [-0.3, -0.25) is 4.79 Å². The van der Waals surface area contributed by atoms with Gasteiger partial charge in [0.25, 0.3) is 0 Å². The summed E-state index contributed by atoms with van der Waals surface area (Å²) >= 11 is 0. The summed E-state index contributed by atoms with van der Waals surface area (Å²) in [5.41, 5.74) is 2.47. The van der Waals surface area contributed by atoms with E-state index in [9.17, 15) is 18.0 Å². The molecule has 2 aromatic rings. The average molecular weight is 349 g/mol. The Morgan fingerprint density at radius 1 is 1.12 bits per heavy atom. The van der Waals surface area contributed by atoms with Crippen LogP contribution in [0.15, 0.2) is 35.2 Å². The molecule has 0 radical (unpaired) electrons. The van der Waals surface area contributed by atoms with Gasteiger partial charge in [0.05, 0.1) is 10.5 Å². The number of Topliss-reactive ketones (excluding diaryl/α,β-unsaturated/α-hetero) is 1. The number of esters is 1. The zero-order chi connectivity index (χ0) is 18.1. The molecule has 0 aliphatic carbocycles. The molecule has 0 N–H and O–H groups in total. The molecule has 128 valence electrons. The van der Waals surface area contributed by atoms with E-state index in [1.54, 1.807) is 6.07 Å². The van der Waals surface area contributed by atoms with Crippen molar-refractivity contribution in [1.82, 2.24) is 4.57 Å². The molecule has 6 nitrogen and oxygen atoms in total. The van der Waals surface area contributed by atoms with E-state index >= 15 is 0 Å². The van der Waals surface area contributed by atoms with Gasteiger partial charge in [-0.25, -0.2) is 13.2 Å². The van der Waals surface area contributed by atoms with E-state index in [-0.39, 0.29) is 22.8 Å². The molecular formula is C17H19NO5S. The number of hydrogen-bond donors (Lipinski definition) is 0. The van der Waals surface area contributed by atoms with Crippen molar-refractivity contribution < 1.29 is 22.7 Å². The minimum Gasteiger partial charge on any atom is -0.454 e. The molecule has 0 atom stereocenters. The smallest absolute Gasteiger partial charge is 0.338 e. The lowest BCUT2D eigenvalue weighted by Crippen LogP contribution is -2.15. The lowest BCUT2D eigenvalue weighted by Gasteiger charge is -2.05. The number of benzene rings is 1. The van der Waals surface area contributed by atoms with Gasteiger partial charge in [0.1, 0.15) is 0 Å². The molecule has 1 aromatic heterocycles. The third-order valence-electron chi connectivity index (χ3n) is 3.93. The highest BCUT2D eigenvalue weighted by atomic mass is 32.2. The lowest BCUT2D eigenvalue weighted by molar-refractivity contribution is 0.0474. The van der Waals surface area contributed by atoms with Gasteiger partial charge in [0.2, 0.25) is 5.78 Å². The molecule has 0 saturated carbocycles. The summed E-state index contributed by atoms with van der Waals surface area (Å²) < 4.78 is 29.7. The van der Waals surface area contributed by atoms with E-state index in [0.717, 1.165) is 17.6 Å². The van der Waals surface area contributed by atoms with Crippen LogP contribution in [0.25, 0.3) is 0 Å². The lowest BCUT2D eigenvalue weighted by atomic mass is 10.1. The van der Waals surface area contributed by atoms with Crippen LogP contribution < -0.4 is 0 Å². The predicted molar refractivity (Wildman–Crippen MR) is 89.1 cm³/mol. The fraction of sp³-hybridized carbons (Fsp3) is 0.294. The second-order valence-corrected chi connectivity index (χ2v) is 7.66. The first-order chi connectivity index (χ1) is 11.1. The summed E-state index contributed by atoms with van der Waals surface area (Å²) in [6, 6.07) is 7.14. The van der Waals surface area contributed by atoms with Crippen LogP contribution in [-0.2, 0) is 21.6 Å². The van der Waals surface area contributed by atoms with Crippen molar-refractivity contribution in [3.8, 4) is 0 Å². The molecule has 0 spiro atoms. The minimum absolute atomic E-state index is 0.116. The first-order valence-corrected chi connectivity index (χ1v) is 9.13. The number of ether oxygens (including phenoxy) is 1. The number of hydrogen-bond acceptors (Lipinski definition) is 5. The topological polar surface area (TPSA) is 82.4 Å². The van der Waals surface area contributed by atoms with Crippen LogP contribution in [0, 0.1) is 13.8 Å². The SMILES string of the molecule is Cc1cc(C(=O)COC(=O)c2ccc(S(C)(=O)=O)cc2)c(C)n1C. The molecular weight excluding hydrogens is 330 g/mol. The molecule has 0 unspecified atom stereocenters. The predicted octanol–water partition coefficient (Wildman–Crippen LogP) is 2.09. The first-order valence-electron chi connectivity index (χ1n) is 7.24. The second-order valence-electron chi connectivity index (χ2n) is 5.64. The van der Waals surface area contributed by atoms with Crippen molar-refractivity contribution in [1.29, 1.82) is 0 Å². The number of ketones is 1. The number of aryl methyl sites for hydroxylation is 1. The Morgan fingerprint density at radius 2 is 1.71 bits per heavy atom. The molecule has 24 heavy (non-hydrogen) atoms. The maximum Gasteiger partial charge on any atom is 0.338 e. The maximum absolute atomic E-state index is 12.2. The molecule has 0 bridgehead atoms. The van der Waals surface area contributed by atoms with Gasteiger partial charge in [-0.05, 0) is 44.2 Å². The normalized spacial score (nSPS) is 11.3. The number of sulfone groups is 1. The van der Waals surface area contributed by atoms with E-state index in [2.05, 4.69) is 0 Å². The second kappa shape index (κ2) is 6.60. The quantitative estimate of drug-likeness (QED) is 0.610. The molecule has 0 saturated heterocycles. The van der Waals surface area contributed by atoms with Crippen LogP contribution >= 0.6 is 0 Å². The van der Waals surface area contributed by atoms with Crippen molar-refractivity contribution >= 4 is 21.6 Å². The van der Waals surface area contributed by atoms with E-state index < -0.39 is 15.8 Å². The molecule has 1 heterocycles. The molecule has 7 heteroatoms. The van der Waals surface area contributed by atoms with Crippen molar-refractivity contribution in [2.24, 2.45) is 7.05 Å². The Balaban J connectivity index is 2.05. The van der Waals surface area contributed by atoms with Gasteiger partial charge in [-0.2, -0.15) is 0 Å². The van der Waals surface area contributed by atoms with Gasteiger partial charge in [0.15, 0.2) is 16.4 Å². The number of nitrogens with zero attached hydrogens (tertiary/aromatic N) is 1. The third-order valence-corrected chi connectivity index (χ3v) is 5.06. The molecule has 1 aromatic carbocycles. The fourth-order valence-corrected chi connectivity index (χ4v) is 2.90. The largest absolute Gasteiger partial charge is 0.454 e. The fourth-order valence-electron chi connectivity index (χ4n) is 2.27. The van der Waals surface area contributed by atoms with Gasteiger partial charge in [0, 0.05) is 30.3 Å². The highest BCUT2D eigenvalue weighted by Gasteiger charge is 2.17. The van der Waals surface area contributed by atoms with E-state index in [4.69, 9.17) is 4.74 Å². The molecule has 0 amide bonds. The van der Waals surface area contributed by atoms with Gasteiger partial charge >= 0.3 is 5.97 Å². The van der Waals surface area contributed by atoms with E-state index in [1.165, 1.54) is 24.3 Å². The van der Waals surface area contributed by atoms with Crippen molar-refractivity contribution in [3.63, 3.8) is 0 Å². The standard InChI is InChI=1S/C17H19NO5S/c1-11-9-15(12(2)18(11)3)16(19)10-23-17(20)13-5-7-14(8-6-13)24(4,21)22/h5-9H,10H2,1-4H3. The van der Waals surface area contributed by atoms with Crippen LogP contribution in [0.5, 0.6) is 0 Å². The van der Waals surface area contributed by atoms with Crippen molar-refractivity contribution in [2.75, 3.05) is 12.9 Å². The Labute approximate surface area is 141 Å². The summed E-state index contributed by atoms with van der Waals surface area (Å²) in [5.74, 6) is -0.953. The van der Waals surface area contributed by atoms with Crippen molar-refractivity contribution in [3.05, 3.63) is 52.8 Å². The highest BCUT2D eigenvalue weighted by molar-refractivity contribution is 7.90. The monoisotopic (exact) mass is 349 g/mol. The van der Waals surface area contributed by atoms with Gasteiger partial charge in [-0.1, -0.05) is 0 Å². The first kappa shape index (κ1) is 17.9. The number of aromatic nitrogens is 1. The average Bonchev–Trinajstić information content (AvgIpc) is 2.79. The Bertz CT molecular complexity index is 892. The molecule has 0 aliphatic heterocycles. The Morgan fingerprint density at radius 3 is 2.17 bits per heavy atom. The molecule has 0 fully saturated rings. The van der Waals surface area contributed by atoms with Crippen molar-refractivity contribution in [2.45, 2.75) is 18.7 Å². The summed E-state index contributed by atoms with van der Waals surface area (Å²) in [6.45, 7) is 3.35. The summed E-state index contributed by atoms with van der Waals surface area (Å²) in [5, 5.41) is 0. The summed E-state index contributed by atoms with van der Waals surface area (Å²) in [6.07, 6.45) is 1.09. The number of rotatable bonds is 5. The van der Waals surface area contributed by atoms with Crippen LogP contribution in [0.3, 0.4) is 0 Å². The summed E-state index contributed by atoms with van der Waals surface area (Å²) in [7, 11) is -1.46. The third kappa shape index (κ3) is 3.73. The minimum atomic E-state index is -3.32. The molecule has 0 aliphatic rings. The van der Waals surface area contributed by atoms with Gasteiger partial charge in [-0.15, -0.1) is 0 Å². The zero-order valence-electron chi connectivity index (χ0n) is 14.0. The Hall–Kier alpha value is -2.41. The van der Waals surface area contributed by atoms with Crippen LogP contribution in [0.2, 0.25) is 0 Å². The van der Waals surface area contributed by atoms with Crippen LogP contribution in [0.1, 0.15) is 32.1 Å². The highest BCUT2D eigenvalue weighted by Crippen LogP contribution is 2.15. The zero-order valence-corrected chi connectivity index (χ0v) is 14.8. The van der Waals surface area contributed by atoms with Crippen LogP contribution in [0.4, 0.5) is 0 Å². The van der Waals surface area contributed by atoms with E-state index in [1.807, 2.05) is 25.5 Å². The molecule has 2 rings (SSSR count). The Kier molecular flexibility index (Phi) is 4.94. The number of carbonyl (C=O) groups is 2. The maximum atomic E-state index is 12.2. The van der Waals surface area contributed by atoms with E-state index in [0.29, 0.717) is 5.56 Å². The van der Waals surface area contributed by atoms with Crippen LogP contribution in [-0.4, -0.2) is 37.6 Å². The summed E-state index contributed by atoms with van der Waals surface area (Å²) in [4.78, 5) is 24.3.